The number of aromatic nitrogens is 2. The second kappa shape index (κ2) is 9.21. The molecule has 2 fully saturated rings. The van der Waals surface area contributed by atoms with Crippen molar-refractivity contribution >= 4 is 11.9 Å². The number of hydrogen-bond acceptors (Lipinski definition) is 6. The van der Waals surface area contributed by atoms with E-state index in [2.05, 4.69) is 14.9 Å². The van der Waals surface area contributed by atoms with Crippen molar-refractivity contribution in [2.24, 2.45) is 5.92 Å². The lowest BCUT2D eigenvalue weighted by atomic mass is 9.75. The third kappa shape index (κ3) is 4.38. The first kappa shape index (κ1) is 22.0. The summed E-state index contributed by atoms with van der Waals surface area (Å²) in [7, 11) is 1.92. The van der Waals surface area contributed by atoms with Gasteiger partial charge in [0, 0.05) is 49.6 Å². The largest absolute Gasteiger partial charge is 0.449 e. The smallest absolute Gasteiger partial charge is 0.358 e. The number of nitrogens with zero attached hydrogens (tertiary/aromatic N) is 4. The van der Waals surface area contributed by atoms with Crippen LogP contribution in [-0.2, 0) is 15.1 Å². The van der Waals surface area contributed by atoms with E-state index in [0.717, 1.165) is 55.8 Å². The molecule has 5 rings (SSSR count). The second-order valence-corrected chi connectivity index (χ2v) is 9.65. The fourth-order valence-corrected chi connectivity index (χ4v) is 5.54. The zero-order valence-corrected chi connectivity index (χ0v) is 19.3. The zero-order chi connectivity index (χ0) is 22.8. The number of ether oxygens (including phenoxy) is 1. The Kier molecular flexibility index (Phi) is 6.15. The molecule has 1 spiro atoms. The molecule has 0 unspecified atom stereocenters. The average molecular weight is 449 g/mol. The molecule has 0 N–H and O–H groups in total. The molecule has 2 aromatic rings. The van der Waals surface area contributed by atoms with Crippen molar-refractivity contribution in [3.05, 3.63) is 47.9 Å². The minimum absolute atomic E-state index is 0.00708. The van der Waals surface area contributed by atoms with E-state index in [9.17, 15) is 9.59 Å². The fraction of sp³-hybridized carbons (Fsp3) is 0.538. The Hall–Kier alpha value is -2.80. The number of piperidine rings is 1. The molecular weight excluding hydrogens is 416 g/mol. The standard InChI is InChI=1S/C26H32N4O3/c1-29(16-17-30-14-3-2-4-15-30)24(31)19-9-11-26(12-10-19)21-7-8-22(20-6-5-13-27-18-20)28-23(21)25(32)33-26/h5-8,13,18-19H,2-4,9-12,14-17H2,1H3/t19-,26-. The number of amides is 1. The number of pyridine rings is 2. The van der Waals surface area contributed by atoms with Gasteiger partial charge in [-0.1, -0.05) is 12.5 Å². The highest BCUT2D eigenvalue weighted by Crippen LogP contribution is 2.48. The van der Waals surface area contributed by atoms with Crippen LogP contribution in [0.1, 0.15) is 61.0 Å². The highest BCUT2D eigenvalue weighted by molar-refractivity contribution is 5.93. The highest BCUT2D eigenvalue weighted by atomic mass is 16.6. The van der Waals surface area contributed by atoms with E-state index >= 15 is 0 Å². The molecule has 7 nitrogen and oxygen atoms in total. The van der Waals surface area contributed by atoms with E-state index < -0.39 is 5.60 Å². The molecule has 1 amide bonds. The topological polar surface area (TPSA) is 75.6 Å². The normalized spacial score (nSPS) is 25.0. The Morgan fingerprint density at radius 2 is 1.97 bits per heavy atom. The number of esters is 1. The molecule has 1 saturated carbocycles. The number of carbonyl (C=O) groups excluding carboxylic acids is 2. The van der Waals surface area contributed by atoms with Crippen LogP contribution in [0.15, 0.2) is 36.7 Å². The van der Waals surface area contributed by atoms with Crippen LogP contribution in [-0.4, -0.2) is 64.9 Å². The van der Waals surface area contributed by atoms with E-state index in [-0.39, 0.29) is 17.8 Å². The molecule has 3 aliphatic rings. The number of hydrogen-bond donors (Lipinski definition) is 0. The van der Waals surface area contributed by atoms with E-state index in [1.54, 1.807) is 12.4 Å². The van der Waals surface area contributed by atoms with Crippen LogP contribution in [0.4, 0.5) is 0 Å². The minimum atomic E-state index is -0.643. The van der Waals surface area contributed by atoms with Crippen molar-refractivity contribution in [1.29, 1.82) is 0 Å². The molecule has 1 aliphatic carbocycles. The van der Waals surface area contributed by atoms with Crippen LogP contribution < -0.4 is 0 Å². The summed E-state index contributed by atoms with van der Waals surface area (Å²) >= 11 is 0. The number of rotatable bonds is 5. The SMILES string of the molecule is CN(CCN1CCCCC1)C(=O)[C@H]1CC[C@@]2(CC1)OC(=O)c1nc(-c3cccnc3)ccc12. The maximum absolute atomic E-state index is 13.1. The number of fused-ring (bicyclic) bond motifs is 2. The van der Waals surface area contributed by atoms with Gasteiger partial charge in [-0.3, -0.25) is 9.78 Å². The number of likely N-dealkylation sites (tertiary alicyclic amines) is 1. The summed E-state index contributed by atoms with van der Waals surface area (Å²) in [5, 5.41) is 0. The van der Waals surface area contributed by atoms with Gasteiger partial charge in [-0.15, -0.1) is 0 Å². The summed E-state index contributed by atoms with van der Waals surface area (Å²) in [6.07, 6.45) is 10.1. The third-order valence-corrected chi connectivity index (χ3v) is 7.54. The Balaban J connectivity index is 1.22. The highest BCUT2D eigenvalue weighted by Gasteiger charge is 2.49. The number of likely N-dealkylation sites (N-methyl/N-ethyl adjacent to an activating group) is 1. The Labute approximate surface area is 195 Å². The van der Waals surface area contributed by atoms with Crippen LogP contribution >= 0.6 is 0 Å². The Bertz CT molecular complexity index is 1010. The molecule has 0 atom stereocenters. The van der Waals surface area contributed by atoms with Crippen LogP contribution in [0.5, 0.6) is 0 Å². The molecule has 0 aromatic carbocycles. The summed E-state index contributed by atoms with van der Waals surface area (Å²) in [5.41, 5.74) is 2.21. The average Bonchev–Trinajstić information content (AvgIpc) is 3.14. The third-order valence-electron chi connectivity index (χ3n) is 7.54. The van der Waals surface area contributed by atoms with Crippen molar-refractivity contribution in [2.75, 3.05) is 33.2 Å². The molecule has 7 heteroatoms. The summed E-state index contributed by atoms with van der Waals surface area (Å²) in [6.45, 7) is 4.03. The van der Waals surface area contributed by atoms with Crippen LogP contribution in [0.2, 0.25) is 0 Å². The molecule has 33 heavy (non-hydrogen) atoms. The van der Waals surface area contributed by atoms with Crippen molar-refractivity contribution < 1.29 is 14.3 Å². The van der Waals surface area contributed by atoms with Gasteiger partial charge < -0.3 is 14.5 Å². The summed E-state index contributed by atoms with van der Waals surface area (Å²) in [4.78, 5) is 38.9. The maximum atomic E-state index is 13.1. The molecule has 4 heterocycles. The first-order valence-corrected chi connectivity index (χ1v) is 12.2. The summed E-state index contributed by atoms with van der Waals surface area (Å²) in [6, 6.07) is 7.69. The van der Waals surface area contributed by atoms with E-state index in [4.69, 9.17) is 4.74 Å². The molecule has 174 valence electrons. The fourth-order valence-electron chi connectivity index (χ4n) is 5.54. The van der Waals surface area contributed by atoms with Crippen molar-refractivity contribution in [3.8, 4) is 11.3 Å². The van der Waals surface area contributed by atoms with Crippen LogP contribution in [0.25, 0.3) is 11.3 Å². The molecule has 0 radical (unpaired) electrons. The Morgan fingerprint density at radius 1 is 1.18 bits per heavy atom. The van der Waals surface area contributed by atoms with Crippen molar-refractivity contribution in [1.82, 2.24) is 19.8 Å². The van der Waals surface area contributed by atoms with Gasteiger partial charge in [0.2, 0.25) is 5.91 Å². The summed E-state index contributed by atoms with van der Waals surface area (Å²) in [5.74, 6) is -0.150. The minimum Gasteiger partial charge on any atom is -0.449 e. The van der Waals surface area contributed by atoms with E-state index in [1.807, 2.05) is 36.2 Å². The van der Waals surface area contributed by atoms with Crippen LogP contribution in [0, 0.1) is 5.92 Å². The van der Waals surface area contributed by atoms with E-state index in [1.165, 1.54) is 19.3 Å². The monoisotopic (exact) mass is 448 g/mol. The molecule has 2 aliphatic heterocycles. The predicted molar refractivity (Wildman–Crippen MR) is 124 cm³/mol. The lowest BCUT2D eigenvalue weighted by Crippen LogP contribution is -2.43. The van der Waals surface area contributed by atoms with Gasteiger partial charge in [-0.25, -0.2) is 9.78 Å². The lowest BCUT2D eigenvalue weighted by Gasteiger charge is -2.37. The van der Waals surface area contributed by atoms with Gasteiger partial charge in [0.1, 0.15) is 5.60 Å². The van der Waals surface area contributed by atoms with Crippen molar-refractivity contribution in [2.45, 2.75) is 50.5 Å². The quantitative estimate of drug-likeness (QED) is 0.650. The first-order chi connectivity index (χ1) is 16.1. The van der Waals surface area contributed by atoms with Gasteiger partial charge in [0.05, 0.1) is 5.69 Å². The second-order valence-electron chi connectivity index (χ2n) is 9.65. The van der Waals surface area contributed by atoms with Gasteiger partial charge in [-0.05, 0) is 69.8 Å². The molecule has 1 saturated heterocycles. The van der Waals surface area contributed by atoms with Gasteiger partial charge in [0.15, 0.2) is 5.69 Å². The van der Waals surface area contributed by atoms with Crippen LogP contribution in [0.3, 0.4) is 0 Å². The zero-order valence-electron chi connectivity index (χ0n) is 19.3. The van der Waals surface area contributed by atoms with Gasteiger partial charge in [0.25, 0.3) is 0 Å². The lowest BCUT2D eigenvalue weighted by molar-refractivity contribution is -0.137. The maximum Gasteiger partial charge on any atom is 0.358 e. The molecule has 0 bridgehead atoms. The molecular formula is C26H32N4O3. The number of carbonyl (C=O) groups is 2. The first-order valence-electron chi connectivity index (χ1n) is 12.2. The van der Waals surface area contributed by atoms with Crippen molar-refractivity contribution in [3.63, 3.8) is 0 Å². The van der Waals surface area contributed by atoms with E-state index in [0.29, 0.717) is 18.5 Å². The summed E-state index contributed by atoms with van der Waals surface area (Å²) < 4.78 is 5.92. The molecule has 2 aromatic heterocycles. The van der Waals surface area contributed by atoms with Gasteiger partial charge >= 0.3 is 5.97 Å². The predicted octanol–water partition coefficient (Wildman–Crippen LogP) is 3.64. The van der Waals surface area contributed by atoms with Gasteiger partial charge in [-0.2, -0.15) is 0 Å². The Morgan fingerprint density at radius 3 is 2.70 bits per heavy atom.